The van der Waals surface area contributed by atoms with Crippen LogP contribution in [0.1, 0.15) is 37.6 Å². The van der Waals surface area contributed by atoms with Crippen LogP contribution in [0.4, 0.5) is 0 Å². The van der Waals surface area contributed by atoms with E-state index in [1.54, 1.807) is 0 Å². The van der Waals surface area contributed by atoms with Crippen LogP contribution in [-0.2, 0) is 10.0 Å². The lowest BCUT2D eigenvalue weighted by atomic mass is 9.90. The maximum atomic E-state index is 12.4. The summed E-state index contributed by atoms with van der Waals surface area (Å²) in [6.45, 7) is 9.98. The summed E-state index contributed by atoms with van der Waals surface area (Å²) in [4.78, 5) is 12.5. The molecule has 1 rings (SSSR count). The average Bonchev–Trinajstić information content (AvgIpc) is 2.52. The van der Waals surface area contributed by atoms with Crippen LogP contribution in [-0.4, -0.2) is 33.0 Å². The third-order valence-corrected chi connectivity index (χ3v) is 5.01. The van der Waals surface area contributed by atoms with Crippen LogP contribution in [0.25, 0.3) is 0 Å². The van der Waals surface area contributed by atoms with Crippen molar-refractivity contribution in [3.8, 4) is 0 Å². The molecule has 1 atom stereocenters. The van der Waals surface area contributed by atoms with E-state index in [1.165, 1.54) is 30.3 Å². The smallest absolute Gasteiger partial charge is 0.251 e. The van der Waals surface area contributed by atoms with Gasteiger partial charge in [0, 0.05) is 24.2 Å². The molecule has 0 radical (unpaired) electrons. The highest BCUT2D eigenvalue weighted by molar-refractivity contribution is 7.89. The molecule has 1 aromatic carbocycles. The van der Waals surface area contributed by atoms with Crippen molar-refractivity contribution in [2.45, 2.75) is 37.6 Å². The fraction of sp³-hybridized carbons (Fsp3) is 0.471. The highest BCUT2D eigenvalue weighted by atomic mass is 32.2. The van der Waals surface area contributed by atoms with Crippen LogP contribution in [0.2, 0.25) is 0 Å². The lowest BCUT2D eigenvalue weighted by Gasteiger charge is -2.31. The maximum absolute atomic E-state index is 12.4. The lowest BCUT2D eigenvalue weighted by Crippen LogP contribution is -2.52. The Morgan fingerprint density at radius 1 is 1.33 bits per heavy atom. The zero-order valence-electron chi connectivity index (χ0n) is 14.5. The van der Waals surface area contributed by atoms with Crippen LogP contribution in [0.5, 0.6) is 0 Å². The molecular formula is C17H27N3O3S. The van der Waals surface area contributed by atoms with Crippen molar-refractivity contribution in [2.75, 3.05) is 13.1 Å². The first-order valence-corrected chi connectivity index (χ1v) is 9.35. The normalized spacial score (nSPS) is 14.2. The highest BCUT2D eigenvalue weighted by Gasteiger charge is 2.26. The molecule has 6 nitrogen and oxygen atoms in total. The molecule has 0 aliphatic carbocycles. The minimum Gasteiger partial charge on any atom is -0.346 e. The molecule has 0 bridgehead atoms. The van der Waals surface area contributed by atoms with Crippen molar-refractivity contribution in [2.24, 2.45) is 11.7 Å². The van der Waals surface area contributed by atoms with Gasteiger partial charge in [-0.2, -0.15) is 0 Å². The Labute approximate surface area is 144 Å². The number of benzene rings is 1. The standard InChI is InChI=1S/C17H27N3O3S/c1-5-10-19-24(22,23)15-8-6-14(7-9-15)16(21)20-17(4,12-18)11-13(2)3/h5-9,13,19H,1,10-12,18H2,2-4H3,(H,20,21). The second kappa shape index (κ2) is 8.41. The Morgan fingerprint density at radius 2 is 1.92 bits per heavy atom. The molecular weight excluding hydrogens is 326 g/mol. The van der Waals surface area contributed by atoms with E-state index in [0.29, 0.717) is 18.0 Å². The van der Waals surface area contributed by atoms with E-state index in [9.17, 15) is 13.2 Å². The molecule has 1 unspecified atom stereocenters. The first-order valence-electron chi connectivity index (χ1n) is 7.87. The lowest BCUT2D eigenvalue weighted by molar-refractivity contribution is 0.0898. The van der Waals surface area contributed by atoms with E-state index in [4.69, 9.17) is 5.73 Å². The van der Waals surface area contributed by atoms with Gasteiger partial charge < -0.3 is 11.1 Å². The SMILES string of the molecule is C=CCNS(=O)(=O)c1ccc(C(=O)NC(C)(CN)CC(C)C)cc1. The van der Waals surface area contributed by atoms with Gasteiger partial charge in [-0.05, 0) is 43.5 Å². The molecule has 0 heterocycles. The molecule has 0 spiro atoms. The Bertz CT molecular complexity index is 669. The van der Waals surface area contributed by atoms with Gasteiger partial charge in [-0.15, -0.1) is 6.58 Å². The van der Waals surface area contributed by atoms with Gasteiger partial charge in [0.15, 0.2) is 0 Å². The molecule has 4 N–H and O–H groups in total. The fourth-order valence-electron chi connectivity index (χ4n) is 2.47. The molecule has 0 aliphatic heterocycles. The van der Waals surface area contributed by atoms with E-state index < -0.39 is 15.6 Å². The van der Waals surface area contributed by atoms with Gasteiger partial charge in [-0.3, -0.25) is 4.79 Å². The average molecular weight is 353 g/mol. The summed E-state index contributed by atoms with van der Waals surface area (Å²) in [6, 6.07) is 5.79. The third-order valence-electron chi connectivity index (χ3n) is 3.57. The van der Waals surface area contributed by atoms with Crippen molar-refractivity contribution in [3.63, 3.8) is 0 Å². The van der Waals surface area contributed by atoms with Crippen LogP contribution >= 0.6 is 0 Å². The Kier molecular flexibility index (Phi) is 7.13. The Morgan fingerprint density at radius 3 is 2.38 bits per heavy atom. The minimum atomic E-state index is -3.59. The van der Waals surface area contributed by atoms with Crippen LogP contribution < -0.4 is 15.8 Å². The van der Waals surface area contributed by atoms with Crippen LogP contribution in [0.3, 0.4) is 0 Å². The number of hydrogen-bond acceptors (Lipinski definition) is 4. The zero-order valence-corrected chi connectivity index (χ0v) is 15.3. The van der Waals surface area contributed by atoms with Crippen molar-refractivity contribution in [1.29, 1.82) is 0 Å². The predicted molar refractivity (Wildman–Crippen MR) is 96.2 cm³/mol. The van der Waals surface area contributed by atoms with Gasteiger partial charge >= 0.3 is 0 Å². The van der Waals surface area contributed by atoms with Crippen LogP contribution in [0, 0.1) is 5.92 Å². The molecule has 134 valence electrons. The number of carbonyl (C=O) groups excluding carboxylic acids is 1. The molecule has 0 aliphatic rings. The fourth-order valence-corrected chi connectivity index (χ4v) is 3.47. The van der Waals surface area contributed by atoms with E-state index in [-0.39, 0.29) is 17.3 Å². The van der Waals surface area contributed by atoms with E-state index in [2.05, 4.69) is 30.5 Å². The van der Waals surface area contributed by atoms with E-state index in [0.717, 1.165) is 6.42 Å². The number of amides is 1. The molecule has 1 amide bonds. The molecule has 7 heteroatoms. The molecule has 0 saturated carbocycles. The third kappa shape index (κ3) is 5.74. The maximum Gasteiger partial charge on any atom is 0.251 e. The Hall–Kier alpha value is -1.70. The largest absolute Gasteiger partial charge is 0.346 e. The summed E-state index contributed by atoms with van der Waals surface area (Å²) in [5.74, 6) is 0.119. The molecule has 1 aromatic rings. The first kappa shape index (κ1) is 20.3. The first-order chi connectivity index (χ1) is 11.1. The minimum absolute atomic E-state index is 0.102. The van der Waals surface area contributed by atoms with Crippen LogP contribution in [0.15, 0.2) is 41.8 Å². The molecule has 0 fully saturated rings. The quantitative estimate of drug-likeness (QED) is 0.587. The molecule has 0 aromatic heterocycles. The summed E-state index contributed by atoms with van der Waals surface area (Å²) in [5, 5.41) is 2.94. The second-order valence-electron chi connectivity index (χ2n) is 6.48. The number of nitrogens with one attached hydrogen (secondary N) is 2. The molecule has 24 heavy (non-hydrogen) atoms. The topological polar surface area (TPSA) is 101 Å². The predicted octanol–water partition coefficient (Wildman–Crippen LogP) is 1.64. The van der Waals surface area contributed by atoms with Gasteiger partial charge in [0.1, 0.15) is 0 Å². The Balaban J connectivity index is 2.89. The second-order valence-corrected chi connectivity index (χ2v) is 8.25. The van der Waals surface area contributed by atoms with E-state index in [1.807, 2.05) is 6.92 Å². The van der Waals surface area contributed by atoms with Gasteiger partial charge in [0.2, 0.25) is 10.0 Å². The van der Waals surface area contributed by atoms with Crippen molar-refractivity contribution in [3.05, 3.63) is 42.5 Å². The number of nitrogens with two attached hydrogens (primary N) is 1. The summed E-state index contributed by atoms with van der Waals surface area (Å²) in [5.41, 5.74) is 5.69. The van der Waals surface area contributed by atoms with Gasteiger partial charge in [0.25, 0.3) is 5.91 Å². The number of rotatable bonds is 9. The monoisotopic (exact) mass is 353 g/mol. The van der Waals surface area contributed by atoms with Gasteiger partial charge in [-0.1, -0.05) is 19.9 Å². The van der Waals surface area contributed by atoms with Crippen molar-refractivity contribution in [1.82, 2.24) is 10.0 Å². The van der Waals surface area contributed by atoms with Crippen molar-refractivity contribution >= 4 is 15.9 Å². The van der Waals surface area contributed by atoms with Gasteiger partial charge in [0.05, 0.1) is 4.90 Å². The summed E-state index contributed by atoms with van der Waals surface area (Å²) >= 11 is 0. The number of carbonyl (C=O) groups is 1. The zero-order chi connectivity index (χ0) is 18.4. The van der Waals surface area contributed by atoms with Gasteiger partial charge in [-0.25, -0.2) is 13.1 Å². The number of sulfonamides is 1. The van der Waals surface area contributed by atoms with Crippen molar-refractivity contribution < 1.29 is 13.2 Å². The summed E-state index contributed by atoms with van der Waals surface area (Å²) in [6.07, 6.45) is 2.22. The molecule has 0 saturated heterocycles. The summed E-state index contributed by atoms with van der Waals surface area (Å²) in [7, 11) is -3.59. The van der Waals surface area contributed by atoms with E-state index >= 15 is 0 Å². The highest BCUT2D eigenvalue weighted by Crippen LogP contribution is 2.17. The summed E-state index contributed by atoms with van der Waals surface area (Å²) < 4.78 is 26.4. The number of hydrogen-bond donors (Lipinski definition) is 3.